The van der Waals surface area contributed by atoms with Gasteiger partial charge in [-0.15, -0.1) is 0 Å². The molecule has 1 rings (SSSR count). The molecule has 1 amide bonds. The summed E-state index contributed by atoms with van der Waals surface area (Å²) in [5.74, 6) is -0.795. The second-order valence-corrected chi connectivity index (χ2v) is 4.10. The molecular weight excluding hydrogens is 194 g/mol. The number of carbonyl (C=O) groups is 2. The second-order valence-electron chi connectivity index (χ2n) is 4.10. The summed E-state index contributed by atoms with van der Waals surface area (Å²) < 4.78 is 0. The van der Waals surface area contributed by atoms with Gasteiger partial charge in [-0.2, -0.15) is 0 Å². The minimum absolute atomic E-state index is 0.181. The zero-order chi connectivity index (χ0) is 11.3. The van der Waals surface area contributed by atoms with Crippen molar-refractivity contribution in [3.05, 3.63) is 0 Å². The maximum atomic E-state index is 11.6. The van der Waals surface area contributed by atoms with Crippen molar-refractivity contribution in [1.29, 1.82) is 0 Å². The van der Waals surface area contributed by atoms with Crippen LogP contribution in [0.4, 0.5) is 0 Å². The molecule has 1 saturated heterocycles. The third kappa shape index (κ3) is 3.53. The molecule has 86 valence electrons. The Hall–Kier alpha value is -1.06. The first-order chi connectivity index (χ1) is 7.15. The molecule has 0 spiro atoms. The maximum Gasteiger partial charge on any atom is 0.306 e. The van der Waals surface area contributed by atoms with Crippen LogP contribution in [0.1, 0.15) is 39.0 Å². The normalized spacial score (nSPS) is 17.8. The monoisotopic (exact) mass is 213 g/mol. The summed E-state index contributed by atoms with van der Waals surface area (Å²) in [5.41, 5.74) is 0. The predicted molar refractivity (Wildman–Crippen MR) is 56.5 cm³/mol. The molecule has 0 bridgehead atoms. The van der Waals surface area contributed by atoms with Crippen molar-refractivity contribution in [3.63, 3.8) is 0 Å². The number of rotatable bonds is 4. The number of piperidine rings is 1. The Morgan fingerprint density at radius 1 is 1.33 bits per heavy atom. The summed E-state index contributed by atoms with van der Waals surface area (Å²) >= 11 is 0. The van der Waals surface area contributed by atoms with Crippen molar-refractivity contribution in [3.8, 4) is 0 Å². The van der Waals surface area contributed by atoms with Crippen molar-refractivity contribution < 1.29 is 14.7 Å². The molecule has 0 aromatic rings. The van der Waals surface area contributed by atoms with Crippen LogP contribution >= 0.6 is 0 Å². The number of aliphatic carboxylic acids is 1. The quantitative estimate of drug-likeness (QED) is 0.770. The Morgan fingerprint density at radius 2 is 1.93 bits per heavy atom. The summed E-state index contributed by atoms with van der Waals surface area (Å²) in [7, 11) is 0. The van der Waals surface area contributed by atoms with Crippen LogP contribution in [-0.4, -0.2) is 35.0 Å². The summed E-state index contributed by atoms with van der Waals surface area (Å²) in [6, 6.07) is 0. The fourth-order valence-electron chi connectivity index (χ4n) is 1.86. The molecule has 0 radical (unpaired) electrons. The lowest BCUT2D eigenvalue weighted by atomic mass is 9.97. The zero-order valence-electron chi connectivity index (χ0n) is 9.24. The SMILES string of the molecule is CCCCC(=O)N1CCC(C(=O)O)CC1. The van der Waals surface area contributed by atoms with Crippen LogP contribution in [0.3, 0.4) is 0 Å². The number of carboxylic acid groups (broad SMARTS) is 1. The lowest BCUT2D eigenvalue weighted by Crippen LogP contribution is -2.40. The average molecular weight is 213 g/mol. The van der Waals surface area contributed by atoms with E-state index >= 15 is 0 Å². The van der Waals surface area contributed by atoms with Gasteiger partial charge in [0.15, 0.2) is 0 Å². The van der Waals surface area contributed by atoms with Crippen LogP contribution in [0, 0.1) is 5.92 Å². The van der Waals surface area contributed by atoms with E-state index in [9.17, 15) is 9.59 Å². The van der Waals surface area contributed by atoms with Gasteiger partial charge in [-0.1, -0.05) is 13.3 Å². The fourth-order valence-corrected chi connectivity index (χ4v) is 1.86. The molecule has 0 saturated carbocycles. The maximum absolute atomic E-state index is 11.6. The van der Waals surface area contributed by atoms with E-state index in [4.69, 9.17) is 5.11 Å². The minimum Gasteiger partial charge on any atom is -0.481 e. The summed E-state index contributed by atoms with van der Waals surface area (Å²) in [4.78, 5) is 24.1. The molecule has 1 heterocycles. The van der Waals surface area contributed by atoms with Gasteiger partial charge >= 0.3 is 5.97 Å². The first kappa shape index (κ1) is 12.0. The highest BCUT2D eigenvalue weighted by molar-refractivity contribution is 5.77. The smallest absolute Gasteiger partial charge is 0.306 e. The first-order valence-corrected chi connectivity index (χ1v) is 5.65. The van der Waals surface area contributed by atoms with E-state index in [1.807, 2.05) is 0 Å². The number of hydrogen-bond donors (Lipinski definition) is 1. The van der Waals surface area contributed by atoms with Crippen LogP contribution < -0.4 is 0 Å². The van der Waals surface area contributed by atoms with Crippen LogP contribution in [0.2, 0.25) is 0 Å². The molecule has 4 heteroatoms. The Morgan fingerprint density at radius 3 is 2.40 bits per heavy atom. The van der Waals surface area contributed by atoms with Crippen molar-refractivity contribution in [2.75, 3.05) is 13.1 Å². The molecule has 15 heavy (non-hydrogen) atoms. The topological polar surface area (TPSA) is 57.6 Å². The second kappa shape index (κ2) is 5.73. The molecular formula is C11H19NO3. The molecule has 0 aromatic heterocycles. The Bertz CT molecular complexity index is 232. The standard InChI is InChI=1S/C11H19NO3/c1-2-3-4-10(13)12-7-5-9(6-8-12)11(14)15/h9H,2-8H2,1H3,(H,14,15). The Balaban J connectivity index is 2.30. The molecule has 1 aliphatic heterocycles. The van der Waals surface area contributed by atoms with E-state index in [1.54, 1.807) is 4.90 Å². The number of carbonyl (C=O) groups excluding carboxylic acids is 1. The van der Waals surface area contributed by atoms with Gasteiger partial charge in [0.05, 0.1) is 5.92 Å². The fraction of sp³-hybridized carbons (Fsp3) is 0.818. The average Bonchev–Trinajstić information content (AvgIpc) is 2.26. The van der Waals surface area contributed by atoms with Crippen LogP contribution in [-0.2, 0) is 9.59 Å². The molecule has 0 unspecified atom stereocenters. The predicted octanol–water partition coefficient (Wildman–Crippen LogP) is 1.50. The minimum atomic E-state index is -0.726. The van der Waals surface area contributed by atoms with E-state index in [0.29, 0.717) is 32.4 Å². The van der Waals surface area contributed by atoms with E-state index < -0.39 is 5.97 Å². The number of nitrogens with zero attached hydrogens (tertiary/aromatic N) is 1. The van der Waals surface area contributed by atoms with E-state index in [2.05, 4.69) is 6.92 Å². The first-order valence-electron chi connectivity index (χ1n) is 5.65. The molecule has 0 atom stereocenters. The van der Waals surface area contributed by atoms with Crippen molar-refractivity contribution in [2.45, 2.75) is 39.0 Å². The van der Waals surface area contributed by atoms with Gasteiger partial charge in [0.1, 0.15) is 0 Å². The summed E-state index contributed by atoms with van der Waals surface area (Å²) in [6.07, 6.45) is 3.77. The van der Waals surface area contributed by atoms with Gasteiger partial charge in [0.25, 0.3) is 0 Å². The highest BCUT2D eigenvalue weighted by atomic mass is 16.4. The zero-order valence-corrected chi connectivity index (χ0v) is 9.24. The van der Waals surface area contributed by atoms with Gasteiger partial charge in [0.2, 0.25) is 5.91 Å². The van der Waals surface area contributed by atoms with Crippen LogP contribution in [0.15, 0.2) is 0 Å². The van der Waals surface area contributed by atoms with Gasteiger partial charge in [0, 0.05) is 19.5 Å². The number of unbranched alkanes of at least 4 members (excludes halogenated alkanes) is 1. The molecule has 1 aliphatic rings. The third-order valence-electron chi connectivity index (χ3n) is 2.94. The van der Waals surface area contributed by atoms with Crippen LogP contribution in [0.25, 0.3) is 0 Å². The number of hydrogen-bond acceptors (Lipinski definition) is 2. The Labute approximate surface area is 90.3 Å². The van der Waals surface area contributed by atoms with Crippen molar-refractivity contribution in [2.24, 2.45) is 5.92 Å². The van der Waals surface area contributed by atoms with Crippen LogP contribution in [0.5, 0.6) is 0 Å². The molecule has 1 fully saturated rings. The highest BCUT2D eigenvalue weighted by Gasteiger charge is 2.26. The molecule has 1 N–H and O–H groups in total. The highest BCUT2D eigenvalue weighted by Crippen LogP contribution is 2.18. The van der Waals surface area contributed by atoms with E-state index in [-0.39, 0.29) is 11.8 Å². The molecule has 0 aromatic carbocycles. The summed E-state index contributed by atoms with van der Waals surface area (Å²) in [5, 5.41) is 8.80. The third-order valence-corrected chi connectivity index (χ3v) is 2.94. The van der Waals surface area contributed by atoms with Crippen molar-refractivity contribution >= 4 is 11.9 Å². The number of carboxylic acids is 1. The number of amides is 1. The lowest BCUT2D eigenvalue weighted by molar-refractivity contribution is -0.145. The largest absolute Gasteiger partial charge is 0.481 e. The Kier molecular flexibility index (Phi) is 4.59. The van der Waals surface area contributed by atoms with E-state index in [1.165, 1.54) is 0 Å². The summed E-state index contributed by atoms with van der Waals surface area (Å²) in [6.45, 7) is 3.28. The molecule has 4 nitrogen and oxygen atoms in total. The van der Waals surface area contributed by atoms with E-state index in [0.717, 1.165) is 12.8 Å². The van der Waals surface area contributed by atoms with Gasteiger partial charge in [-0.25, -0.2) is 0 Å². The lowest BCUT2D eigenvalue weighted by Gasteiger charge is -2.30. The van der Waals surface area contributed by atoms with Gasteiger partial charge in [-0.05, 0) is 19.3 Å². The van der Waals surface area contributed by atoms with Gasteiger partial charge < -0.3 is 10.0 Å². The van der Waals surface area contributed by atoms with Gasteiger partial charge in [-0.3, -0.25) is 9.59 Å². The van der Waals surface area contributed by atoms with Crippen molar-refractivity contribution in [1.82, 2.24) is 4.90 Å². The molecule has 0 aliphatic carbocycles. The number of likely N-dealkylation sites (tertiary alicyclic amines) is 1.